The average molecular weight is 173 g/mol. The molecule has 2 fully saturated rings. The van der Waals surface area contributed by atoms with Crippen molar-refractivity contribution in [2.45, 2.75) is 30.9 Å². The van der Waals surface area contributed by atoms with Crippen LogP contribution in [-0.2, 0) is 4.74 Å². The van der Waals surface area contributed by atoms with Crippen LogP contribution in [0.1, 0.15) is 19.3 Å². The highest BCUT2D eigenvalue weighted by Crippen LogP contribution is 2.37. The number of hydrogen-bond acceptors (Lipinski definition) is 3. The van der Waals surface area contributed by atoms with Crippen LogP contribution in [0.15, 0.2) is 0 Å². The van der Waals surface area contributed by atoms with Gasteiger partial charge in [-0.05, 0) is 25.0 Å². The lowest BCUT2D eigenvalue weighted by Gasteiger charge is -2.36. The maximum Gasteiger partial charge on any atom is 0.0795 e. The second kappa shape index (κ2) is 2.96. The van der Waals surface area contributed by atoms with Crippen molar-refractivity contribution in [2.75, 3.05) is 18.1 Å². The van der Waals surface area contributed by atoms with Gasteiger partial charge >= 0.3 is 0 Å². The Morgan fingerprint density at radius 3 is 3.09 bits per heavy atom. The summed E-state index contributed by atoms with van der Waals surface area (Å²) < 4.78 is 5.80. The van der Waals surface area contributed by atoms with E-state index in [1.54, 1.807) is 0 Å². The second-order valence-corrected chi connectivity index (χ2v) is 4.69. The molecule has 2 N–H and O–H groups in total. The van der Waals surface area contributed by atoms with E-state index in [0.29, 0.717) is 6.04 Å². The topological polar surface area (TPSA) is 35.2 Å². The summed E-state index contributed by atoms with van der Waals surface area (Å²) in [6.45, 7) is 0.877. The lowest BCUT2D eigenvalue weighted by molar-refractivity contribution is -0.0653. The van der Waals surface area contributed by atoms with Gasteiger partial charge in [-0.2, -0.15) is 11.8 Å². The maximum atomic E-state index is 5.90. The number of nitrogens with two attached hydrogens (primary N) is 1. The molecule has 0 bridgehead atoms. The summed E-state index contributed by atoms with van der Waals surface area (Å²) in [5.41, 5.74) is 6.08. The Balaban J connectivity index is 2.00. The van der Waals surface area contributed by atoms with Crippen LogP contribution < -0.4 is 5.73 Å². The Morgan fingerprint density at radius 1 is 1.55 bits per heavy atom. The predicted molar refractivity (Wildman–Crippen MR) is 47.8 cm³/mol. The normalized spacial score (nSPS) is 45.0. The standard InChI is InChI=1S/C8H15NOS/c9-7-1-3-10-8(5-7)2-4-11-6-8/h7H,1-6,9H2. The first-order chi connectivity index (χ1) is 5.31. The molecule has 2 rings (SSSR count). The Morgan fingerprint density at radius 2 is 2.45 bits per heavy atom. The van der Waals surface area contributed by atoms with Crippen LogP contribution in [0.5, 0.6) is 0 Å². The average Bonchev–Trinajstić information content (AvgIpc) is 2.37. The molecule has 0 aromatic carbocycles. The van der Waals surface area contributed by atoms with Gasteiger partial charge in [0.2, 0.25) is 0 Å². The van der Waals surface area contributed by atoms with Crippen LogP contribution >= 0.6 is 11.8 Å². The third kappa shape index (κ3) is 1.55. The lowest BCUT2D eigenvalue weighted by atomic mass is 9.90. The summed E-state index contributed by atoms with van der Waals surface area (Å²) in [7, 11) is 0. The highest BCUT2D eigenvalue weighted by Gasteiger charge is 2.39. The summed E-state index contributed by atoms with van der Waals surface area (Å²) in [5.74, 6) is 2.42. The molecule has 0 aromatic rings. The van der Waals surface area contributed by atoms with E-state index in [4.69, 9.17) is 10.5 Å². The zero-order valence-electron chi connectivity index (χ0n) is 6.71. The molecule has 2 atom stereocenters. The Hall–Kier alpha value is 0.270. The van der Waals surface area contributed by atoms with Crippen LogP contribution in [0.4, 0.5) is 0 Å². The van der Waals surface area contributed by atoms with E-state index in [-0.39, 0.29) is 5.60 Å². The van der Waals surface area contributed by atoms with Crippen LogP contribution in [0.2, 0.25) is 0 Å². The second-order valence-electron chi connectivity index (χ2n) is 3.59. The molecule has 0 aromatic heterocycles. The third-order valence-electron chi connectivity index (χ3n) is 2.60. The molecule has 0 aliphatic carbocycles. The van der Waals surface area contributed by atoms with E-state index >= 15 is 0 Å². The molecule has 0 radical (unpaired) electrons. The van der Waals surface area contributed by atoms with Crippen LogP contribution in [0.3, 0.4) is 0 Å². The van der Waals surface area contributed by atoms with Gasteiger partial charge < -0.3 is 10.5 Å². The lowest BCUT2D eigenvalue weighted by Crippen LogP contribution is -2.45. The highest BCUT2D eigenvalue weighted by molar-refractivity contribution is 7.99. The van der Waals surface area contributed by atoms with Gasteiger partial charge in [-0.15, -0.1) is 0 Å². The van der Waals surface area contributed by atoms with Gasteiger partial charge in [0.05, 0.1) is 5.60 Å². The minimum Gasteiger partial charge on any atom is -0.374 e. The van der Waals surface area contributed by atoms with Gasteiger partial charge in [-0.3, -0.25) is 0 Å². The van der Waals surface area contributed by atoms with E-state index in [9.17, 15) is 0 Å². The maximum absolute atomic E-state index is 5.90. The molecular weight excluding hydrogens is 158 g/mol. The van der Waals surface area contributed by atoms with Gasteiger partial charge in [-0.25, -0.2) is 0 Å². The van der Waals surface area contributed by atoms with Crippen molar-refractivity contribution in [3.8, 4) is 0 Å². The van der Waals surface area contributed by atoms with Crippen LogP contribution in [0.25, 0.3) is 0 Å². The van der Waals surface area contributed by atoms with Gasteiger partial charge in [0.25, 0.3) is 0 Å². The fraction of sp³-hybridized carbons (Fsp3) is 1.00. The molecule has 2 nitrogen and oxygen atoms in total. The molecule has 0 amide bonds. The van der Waals surface area contributed by atoms with Crippen molar-refractivity contribution < 1.29 is 4.74 Å². The van der Waals surface area contributed by atoms with Gasteiger partial charge in [0.1, 0.15) is 0 Å². The fourth-order valence-electron chi connectivity index (χ4n) is 1.93. The zero-order chi connectivity index (χ0) is 7.73. The molecule has 2 aliphatic heterocycles. The van der Waals surface area contributed by atoms with Crippen molar-refractivity contribution in [3.05, 3.63) is 0 Å². The van der Waals surface area contributed by atoms with Crippen LogP contribution in [-0.4, -0.2) is 29.8 Å². The monoisotopic (exact) mass is 173 g/mol. The summed E-state index contributed by atoms with van der Waals surface area (Å²) in [4.78, 5) is 0. The van der Waals surface area contributed by atoms with Gasteiger partial charge in [-0.1, -0.05) is 0 Å². The van der Waals surface area contributed by atoms with Crippen molar-refractivity contribution in [3.63, 3.8) is 0 Å². The molecular formula is C8H15NOS. The van der Waals surface area contributed by atoms with E-state index in [2.05, 4.69) is 0 Å². The Labute approximate surface area is 71.9 Å². The minimum atomic E-state index is 0.183. The van der Waals surface area contributed by atoms with Crippen molar-refractivity contribution in [2.24, 2.45) is 5.73 Å². The molecule has 0 saturated carbocycles. The molecule has 3 heteroatoms. The molecule has 64 valence electrons. The van der Waals surface area contributed by atoms with E-state index in [0.717, 1.165) is 19.4 Å². The van der Waals surface area contributed by atoms with E-state index in [1.165, 1.54) is 17.9 Å². The van der Waals surface area contributed by atoms with Gasteiger partial charge in [0.15, 0.2) is 0 Å². The largest absolute Gasteiger partial charge is 0.374 e. The van der Waals surface area contributed by atoms with E-state index < -0.39 is 0 Å². The Kier molecular flexibility index (Phi) is 2.12. The summed E-state index contributed by atoms with van der Waals surface area (Å²) in [5, 5.41) is 0. The minimum absolute atomic E-state index is 0.183. The third-order valence-corrected chi connectivity index (χ3v) is 3.82. The Bertz CT molecular complexity index is 145. The summed E-state index contributed by atoms with van der Waals surface area (Å²) in [6.07, 6.45) is 3.35. The SMILES string of the molecule is NC1CCOC2(CCSC2)C1. The quantitative estimate of drug-likeness (QED) is 0.593. The number of hydrogen-bond donors (Lipinski definition) is 1. The number of thioether (sulfide) groups is 1. The smallest absolute Gasteiger partial charge is 0.0795 e. The zero-order valence-corrected chi connectivity index (χ0v) is 7.53. The number of rotatable bonds is 0. The summed E-state index contributed by atoms with van der Waals surface area (Å²) in [6, 6.07) is 0.391. The first-order valence-electron chi connectivity index (χ1n) is 4.28. The predicted octanol–water partition coefficient (Wildman–Crippen LogP) is 1.000. The molecule has 2 heterocycles. The highest BCUT2D eigenvalue weighted by atomic mass is 32.2. The fourth-order valence-corrected chi connectivity index (χ4v) is 3.31. The van der Waals surface area contributed by atoms with Crippen molar-refractivity contribution in [1.29, 1.82) is 0 Å². The van der Waals surface area contributed by atoms with Gasteiger partial charge in [0, 0.05) is 18.4 Å². The number of ether oxygens (including phenoxy) is 1. The first-order valence-corrected chi connectivity index (χ1v) is 5.44. The molecule has 11 heavy (non-hydrogen) atoms. The van der Waals surface area contributed by atoms with Crippen molar-refractivity contribution >= 4 is 11.8 Å². The molecule has 2 saturated heterocycles. The van der Waals surface area contributed by atoms with Crippen LogP contribution in [0, 0.1) is 0 Å². The first kappa shape index (κ1) is 7.90. The van der Waals surface area contributed by atoms with E-state index in [1.807, 2.05) is 11.8 Å². The molecule has 2 unspecified atom stereocenters. The molecule has 1 spiro atoms. The molecule has 2 aliphatic rings. The van der Waals surface area contributed by atoms with Crippen molar-refractivity contribution in [1.82, 2.24) is 0 Å². The summed E-state index contributed by atoms with van der Waals surface area (Å²) >= 11 is 2.00.